The molecule has 3 N–H and O–H groups in total. The van der Waals surface area contributed by atoms with E-state index in [0.29, 0.717) is 5.92 Å². The first kappa shape index (κ1) is 16.2. The molecule has 0 bridgehead atoms. The Morgan fingerprint density at radius 1 is 1.43 bits per heavy atom. The molecule has 0 radical (unpaired) electrons. The molecule has 1 unspecified atom stereocenters. The predicted octanol–water partition coefficient (Wildman–Crippen LogP) is 2.25. The summed E-state index contributed by atoms with van der Waals surface area (Å²) in [5.74, 6) is 5.77. The number of rotatable bonds is 6. The molecule has 3 nitrogen and oxygen atoms in total. The fraction of sp³-hybridized carbons (Fsp3) is 0.900. The van der Waals surface area contributed by atoms with Crippen LogP contribution in [0, 0.1) is 11.8 Å². The van der Waals surface area contributed by atoms with Crippen molar-refractivity contribution in [2.75, 3.05) is 0 Å². The number of amides is 1. The SMILES string of the molecule is CCCCC(CC(C)C)C(=O)NN.Cl. The van der Waals surface area contributed by atoms with Gasteiger partial charge < -0.3 is 0 Å². The van der Waals surface area contributed by atoms with Gasteiger partial charge in [-0.3, -0.25) is 10.2 Å². The molecule has 0 aliphatic carbocycles. The Bertz CT molecular complexity index is 151. The normalized spacial score (nSPS) is 12.1. The number of nitrogens with one attached hydrogen (secondary N) is 1. The average molecular weight is 223 g/mol. The molecule has 0 aromatic rings. The Hall–Kier alpha value is -0.280. The molecule has 0 saturated heterocycles. The topological polar surface area (TPSA) is 55.1 Å². The highest BCUT2D eigenvalue weighted by Crippen LogP contribution is 2.17. The van der Waals surface area contributed by atoms with Crippen LogP contribution in [0.2, 0.25) is 0 Å². The van der Waals surface area contributed by atoms with E-state index in [0.717, 1.165) is 25.7 Å². The maximum atomic E-state index is 11.3. The van der Waals surface area contributed by atoms with Crippen molar-refractivity contribution in [1.29, 1.82) is 0 Å². The summed E-state index contributed by atoms with van der Waals surface area (Å²) in [6.07, 6.45) is 4.12. The molecule has 0 saturated carbocycles. The molecular formula is C10H23ClN2O. The number of carbonyl (C=O) groups is 1. The van der Waals surface area contributed by atoms with Gasteiger partial charge in [-0.1, -0.05) is 33.6 Å². The molecule has 86 valence electrons. The highest BCUT2D eigenvalue weighted by molar-refractivity contribution is 5.85. The van der Waals surface area contributed by atoms with Gasteiger partial charge >= 0.3 is 0 Å². The van der Waals surface area contributed by atoms with Crippen LogP contribution in [0.25, 0.3) is 0 Å². The van der Waals surface area contributed by atoms with Crippen LogP contribution in [0.3, 0.4) is 0 Å². The predicted molar refractivity (Wildman–Crippen MR) is 62.0 cm³/mol. The number of hydrogen-bond donors (Lipinski definition) is 2. The molecule has 0 fully saturated rings. The number of carbonyl (C=O) groups excluding carboxylic acids is 1. The summed E-state index contributed by atoms with van der Waals surface area (Å²) in [5, 5.41) is 0. The van der Waals surface area contributed by atoms with Gasteiger partial charge in [0.15, 0.2) is 0 Å². The zero-order valence-electron chi connectivity index (χ0n) is 9.38. The zero-order valence-corrected chi connectivity index (χ0v) is 10.2. The number of halogens is 1. The third-order valence-electron chi connectivity index (χ3n) is 2.18. The van der Waals surface area contributed by atoms with E-state index in [1.165, 1.54) is 0 Å². The van der Waals surface area contributed by atoms with Gasteiger partial charge in [0.05, 0.1) is 0 Å². The summed E-state index contributed by atoms with van der Waals surface area (Å²) in [6.45, 7) is 6.39. The monoisotopic (exact) mass is 222 g/mol. The van der Waals surface area contributed by atoms with E-state index in [2.05, 4.69) is 26.2 Å². The molecule has 0 aliphatic rings. The first-order valence-corrected chi connectivity index (χ1v) is 5.12. The maximum Gasteiger partial charge on any atom is 0.236 e. The van der Waals surface area contributed by atoms with E-state index in [-0.39, 0.29) is 24.2 Å². The summed E-state index contributed by atoms with van der Waals surface area (Å²) in [4.78, 5) is 11.3. The van der Waals surface area contributed by atoms with Gasteiger partial charge in [-0.05, 0) is 18.8 Å². The lowest BCUT2D eigenvalue weighted by Crippen LogP contribution is -2.36. The molecular weight excluding hydrogens is 200 g/mol. The minimum Gasteiger partial charge on any atom is -0.294 e. The van der Waals surface area contributed by atoms with Gasteiger partial charge in [0.1, 0.15) is 0 Å². The second-order valence-corrected chi connectivity index (χ2v) is 3.98. The first-order chi connectivity index (χ1) is 6.11. The van der Waals surface area contributed by atoms with Crippen LogP contribution in [0.5, 0.6) is 0 Å². The van der Waals surface area contributed by atoms with Crippen LogP contribution in [0.4, 0.5) is 0 Å². The standard InChI is InChI=1S/C10H22N2O.ClH/c1-4-5-6-9(7-8(2)3)10(13)12-11;/h8-9H,4-7,11H2,1-3H3,(H,12,13);1H. The lowest BCUT2D eigenvalue weighted by atomic mass is 9.92. The van der Waals surface area contributed by atoms with Crippen LogP contribution < -0.4 is 11.3 Å². The Morgan fingerprint density at radius 2 is 2.00 bits per heavy atom. The third kappa shape index (κ3) is 7.15. The van der Waals surface area contributed by atoms with E-state index >= 15 is 0 Å². The summed E-state index contributed by atoms with van der Waals surface area (Å²) in [7, 11) is 0. The van der Waals surface area contributed by atoms with Gasteiger partial charge in [0, 0.05) is 5.92 Å². The summed E-state index contributed by atoms with van der Waals surface area (Å²) < 4.78 is 0. The van der Waals surface area contributed by atoms with Gasteiger partial charge in [-0.25, -0.2) is 5.84 Å². The van der Waals surface area contributed by atoms with Gasteiger partial charge in [-0.2, -0.15) is 0 Å². The summed E-state index contributed by atoms with van der Waals surface area (Å²) >= 11 is 0. The minimum atomic E-state index is -0.0119. The van der Waals surface area contributed by atoms with Crippen molar-refractivity contribution in [3.05, 3.63) is 0 Å². The molecule has 0 aromatic heterocycles. The number of hydrazine groups is 1. The molecule has 0 rings (SSSR count). The second kappa shape index (κ2) is 9.28. The van der Waals surface area contributed by atoms with E-state index in [4.69, 9.17) is 5.84 Å². The van der Waals surface area contributed by atoms with Gasteiger partial charge in [-0.15, -0.1) is 12.4 Å². The van der Waals surface area contributed by atoms with Crippen LogP contribution >= 0.6 is 12.4 Å². The van der Waals surface area contributed by atoms with Gasteiger partial charge in [0.25, 0.3) is 0 Å². The van der Waals surface area contributed by atoms with E-state index in [1.54, 1.807) is 0 Å². The lowest BCUT2D eigenvalue weighted by molar-refractivity contribution is -0.125. The molecule has 0 aliphatic heterocycles. The number of hydrogen-bond acceptors (Lipinski definition) is 2. The van der Waals surface area contributed by atoms with Crippen LogP contribution in [0.15, 0.2) is 0 Å². The Balaban J connectivity index is 0. The van der Waals surface area contributed by atoms with E-state index in [1.807, 2.05) is 0 Å². The van der Waals surface area contributed by atoms with E-state index < -0.39 is 0 Å². The van der Waals surface area contributed by atoms with Crippen molar-refractivity contribution < 1.29 is 4.79 Å². The third-order valence-corrected chi connectivity index (χ3v) is 2.18. The molecule has 0 spiro atoms. The lowest BCUT2D eigenvalue weighted by Gasteiger charge is -2.16. The Morgan fingerprint density at radius 3 is 2.36 bits per heavy atom. The van der Waals surface area contributed by atoms with Crippen LogP contribution in [-0.2, 0) is 4.79 Å². The Labute approximate surface area is 93.2 Å². The quantitative estimate of drug-likeness (QED) is 0.412. The second-order valence-electron chi connectivity index (χ2n) is 3.98. The molecule has 0 aromatic carbocycles. The van der Waals surface area contributed by atoms with Crippen LogP contribution in [-0.4, -0.2) is 5.91 Å². The average Bonchev–Trinajstić information content (AvgIpc) is 2.10. The van der Waals surface area contributed by atoms with E-state index in [9.17, 15) is 4.79 Å². The molecule has 1 atom stereocenters. The summed E-state index contributed by atoms with van der Waals surface area (Å²) in [6, 6.07) is 0. The van der Waals surface area contributed by atoms with Crippen LogP contribution in [0.1, 0.15) is 46.5 Å². The van der Waals surface area contributed by atoms with Crippen molar-refractivity contribution in [2.45, 2.75) is 46.5 Å². The zero-order chi connectivity index (χ0) is 10.3. The highest BCUT2D eigenvalue weighted by Gasteiger charge is 2.17. The van der Waals surface area contributed by atoms with Crippen molar-refractivity contribution >= 4 is 18.3 Å². The molecule has 0 heterocycles. The van der Waals surface area contributed by atoms with Crippen molar-refractivity contribution in [3.63, 3.8) is 0 Å². The highest BCUT2D eigenvalue weighted by atomic mass is 35.5. The molecule has 4 heteroatoms. The maximum absolute atomic E-state index is 11.3. The smallest absolute Gasteiger partial charge is 0.236 e. The van der Waals surface area contributed by atoms with Gasteiger partial charge in [0.2, 0.25) is 5.91 Å². The number of nitrogens with two attached hydrogens (primary N) is 1. The first-order valence-electron chi connectivity index (χ1n) is 5.12. The van der Waals surface area contributed by atoms with Crippen molar-refractivity contribution in [3.8, 4) is 0 Å². The molecule has 14 heavy (non-hydrogen) atoms. The summed E-state index contributed by atoms with van der Waals surface area (Å²) in [5.41, 5.74) is 2.24. The minimum absolute atomic E-state index is 0. The Kier molecular flexibility index (Phi) is 10.7. The number of unbranched alkanes of at least 4 members (excludes halogenated alkanes) is 1. The van der Waals surface area contributed by atoms with Crippen molar-refractivity contribution in [2.24, 2.45) is 17.7 Å². The van der Waals surface area contributed by atoms with Crippen molar-refractivity contribution in [1.82, 2.24) is 5.43 Å². The molecule has 1 amide bonds. The largest absolute Gasteiger partial charge is 0.294 e. The fourth-order valence-corrected chi connectivity index (χ4v) is 1.49. The fourth-order valence-electron chi connectivity index (χ4n) is 1.49.